The van der Waals surface area contributed by atoms with Gasteiger partial charge in [-0.15, -0.1) is 7.92 Å². The van der Waals surface area contributed by atoms with Crippen LogP contribution in [0.3, 0.4) is 0 Å². The highest BCUT2D eigenvalue weighted by Crippen LogP contribution is 2.47. The van der Waals surface area contributed by atoms with Crippen LogP contribution in [0.25, 0.3) is 0 Å². The molecule has 2 aliphatic rings. The van der Waals surface area contributed by atoms with Gasteiger partial charge in [0.1, 0.15) is 0 Å². The van der Waals surface area contributed by atoms with Crippen molar-refractivity contribution >= 4 is 7.92 Å². The van der Waals surface area contributed by atoms with E-state index in [0.717, 1.165) is 5.92 Å². The second-order valence-corrected chi connectivity index (χ2v) is 6.76. The van der Waals surface area contributed by atoms with Crippen LogP contribution in [0.4, 0.5) is 0 Å². The minimum atomic E-state index is 0.534. The Morgan fingerprint density at radius 3 is 2.64 bits per heavy atom. The third-order valence-electron chi connectivity index (χ3n) is 3.19. The summed E-state index contributed by atoms with van der Waals surface area (Å²) in [6.45, 7) is 0. The monoisotopic (exact) mass is 170 g/mol. The average molecular weight is 170 g/mol. The molecule has 0 aromatic carbocycles. The molecule has 0 spiro atoms. The first-order chi connectivity index (χ1) is 5.45. The molecule has 2 fully saturated rings. The lowest BCUT2D eigenvalue weighted by atomic mass is 9.98. The van der Waals surface area contributed by atoms with E-state index >= 15 is 0 Å². The lowest BCUT2D eigenvalue weighted by Gasteiger charge is -2.31. The molecule has 0 saturated carbocycles. The molecular formula is C10H19P. The van der Waals surface area contributed by atoms with Crippen molar-refractivity contribution in [2.24, 2.45) is 5.92 Å². The Balaban J connectivity index is 1.90. The van der Waals surface area contributed by atoms with Crippen molar-refractivity contribution in [3.8, 4) is 0 Å². The Hall–Kier alpha value is 0.430. The maximum atomic E-state index is 1.65. The van der Waals surface area contributed by atoms with E-state index in [1.54, 1.807) is 44.2 Å². The minimum Gasteiger partial charge on any atom is -0.106 e. The fourth-order valence-corrected chi connectivity index (χ4v) is 5.52. The molecule has 0 aromatic rings. The molecule has 2 rings (SSSR count). The molecule has 0 aliphatic carbocycles. The Bertz CT molecular complexity index is 110. The van der Waals surface area contributed by atoms with E-state index in [9.17, 15) is 0 Å². The smallest absolute Gasteiger partial charge is 0.0297 e. The Morgan fingerprint density at radius 2 is 1.64 bits per heavy atom. The molecule has 2 unspecified atom stereocenters. The van der Waals surface area contributed by atoms with Crippen molar-refractivity contribution in [2.75, 3.05) is 18.5 Å². The second-order valence-electron chi connectivity index (χ2n) is 4.16. The molecule has 2 heterocycles. The number of hydrogen-bond donors (Lipinski definition) is 0. The van der Waals surface area contributed by atoms with Gasteiger partial charge >= 0.3 is 0 Å². The van der Waals surface area contributed by atoms with Gasteiger partial charge in [0.2, 0.25) is 0 Å². The third kappa shape index (κ3) is 2.18. The van der Waals surface area contributed by atoms with Gasteiger partial charge in [-0.3, -0.25) is 0 Å². The minimum absolute atomic E-state index is 0.534. The summed E-state index contributed by atoms with van der Waals surface area (Å²) in [5.41, 5.74) is 0. The normalized spacial score (nSPS) is 39.3. The van der Waals surface area contributed by atoms with Crippen LogP contribution in [-0.4, -0.2) is 18.5 Å². The van der Waals surface area contributed by atoms with Crippen LogP contribution in [0.15, 0.2) is 0 Å². The summed E-state index contributed by atoms with van der Waals surface area (Å²) in [6.07, 6.45) is 14.2. The highest BCUT2D eigenvalue weighted by Gasteiger charge is 2.22. The summed E-state index contributed by atoms with van der Waals surface area (Å²) in [5.74, 6) is 1.16. The van der Waals surface area contributed by atoms with E-state index in [1.807, 2.05) is 0 Å². The van der Waals surface area contributed by atoms with Crippen molar-refractivity contribution < 1.29 is 0 Å². The standard InChI is InChI=1S/C10H19P/c1-2-5-10-6-4-8-11(9-10)7-3-1/h10H,1-9H2. The molecule has 2 atom stereocenters. The number of rotatable bonds is 0. The SMILES string of the molecule is C1CCC2CCCP(CC1)C2. The molecule has 64 valence electrons. The van der Waals surface area contributed by atoms with E-state index in [0.29, 0.717) is 7.92 Å². The van der Waals surface area contributed by atoms with E-state index in [-0.39, 0.29) is 0 Å². The highest BCUT2D eigenvalue weighted by molar-refractivity contribution is 7.57. The van der Waals surface area contributed by atoms with E-state index in [4.69, 9.17) is 0 Å². The zero-order valence-corrected chi connectivity index (χ0v) is 8.28. The predicted octanol–water partition coefficient (Wildman–Crippen LogP) is 3.45. The molecule has 0 radical (unpaired) electrons. The average Bonchev–Trinajstić information content (AvgIpc) is 2.02. The summed E-state index contributed by atoms with van der Waals surface area (Å²) in [7, 11) is 0.534. The van der Waals surface area contributed by atoms with Gasteiger partial charge in [-0.1, -0.05) is 19.3 Å². The summed E-state index contributed by atoms with van der Waals surface area (Å²) < 4.78 is 0. The molecular weight excluding hydrogens is 151 g/mol. The van der Waals surface area contributed by atoms with Gasteiger partial charge < -0.3 is 0 Å². The molecule has 0 amide bonds. The van der Waals surface area contributed by atoms with E-state index in [1.165, 1.54) is 12.8 Å². The molecule has 0 N–H and O–H groups in total. The van der Waals surface area contributed by atoms with Crippen LogP contribution in [0.2, 0.25) is 0 Å². The number of hydrogen-bond acceptors (Lipinski definition) is 0. The molecule has 11 heavy (non-hydrogen) atoms. The molecule has 0 aromatic heterocycles. The van der Waals surface area contributed by atoms with Crippen LogP contribution < -0.4 is 0 Å². The second kappa shape index (κ2) is 3.90. The lowest BCUT2D eigenvalue weighted by molar-refractivity contribution is 0.446. The van der Waals surface area contributed by atoms with Crippen LogP contribution in [-0.2, 0) is 0 Å². The first-order valence-electron chi connectivity index (χ1n) is 5.17. The van der Waals surface area contributed by atoms with Gasteiger partial charge in [0.25, 0.3) is 0 Å². The van der Waals surface area contributed by atoms with Gasteiger partial charge in [-0.05, 0) is 43.7 Å². The van der Waals surface area contributed by atoms with Gasteiger partial charge in [0, 0.05) is 0 Å². The molecule has 2 aliphatic heterocycles. The van der Waals surface area contributed by atoms with Crippen molar-refractivity contribution in [2.45, 2.75) is 38.5 Å². The van der Waals surface area contributed by atoms with Crippen molar-refractivity contribution in [3.05, 3.63) is 0 Å². The molecule has 2 saturated heterocycles. The van der Waals surface area contributed by atoms with Crippen LogP contribution in [0.1, 0.15) is 38.5 Å². The largest absolute Gasteiger partial charge is 0.106 e. The van der Waals surface area contributed by atoms with Gasteiger partial charge in [-0.25, -0.2) is 0 Å². The maximum Gasteiger partial charge on any atom is -0.0297 e. The van der Waals surface area contributed by atoms with Crippen LogP contribution >= 0.6 is 7.92 Å². The third-order valence-corrected chi connectivity index (χ3v) is 6.12. The molecule has 1 heteroatoms. The van der Waals surface area contributed by atoms with Gasteiger partial charge in [0.05, 0.1) is 0 Å². The topological polar surface area (TPSA) is 0 Å². The summed E-state index contributed by atoms with van der Waals surface area (Å²) in [6, 6.07) is 0. The summed E-state index contributed by atoms with van der Waals surface area (Å²) in [4.78, 5) is 0. The van der Waals surface area contributed by atoms with Crippen LogP contribution in [0.5, 0.6) is 0 Å². The fraction of sp³-hybridized carbons (Fsp3) is 1.00. The van der Waals surface area contributed by atoms with Gasteiger partial charge in [-0.2, -0.15) is 0 Å². The first kappa shape index (κ1) is 8.05. The quantitative estimate of drug-likeness (QED) is 0.488. The molecule has 0 nitrogen and oxygen atoms in total. The number of fused-ring (bicyclic) bond motifs is 2. The molecule has 2 bridgehead atoms. The van der Waals surface area contributed by atoms with Crippen molar-refractivity contribution in [1.82, 2.24) is 0 Å². The van der Waals surface area contributed by atoms with Crippen molar-refractivity contribution in [1.29, 1.82) is 0 Å². The van der Waals surface area contributed by atoms with E-state index in [2.05, 4.69) is 0 Å². The van der Waals surface area contributed by atoms with Crippen molar-refractivity contribution in [3.63, 3.8) is 0 Å². The lowest BCUT2D eigenvalue weighted by Crippen LogP contribution is -2.16. The summed E-state index contributed by atoms with van der Waals surface area (Å²) in [5, 5.41) is 0. The maximum absolute atomic E-state index is 1.65. The zero-order chi connectivity index (χ0) is 7.52. The first-order valence-corrected chi connectivity index (χ1v) is 7.07. The zero-order valence-electron chi connectivity index (χ0n) is 7.39. The van der Waals surface area contributed by atoms with Crippen LogP contribution in [0, 0.1) is 5.92 Å². The Labute approximate surface area is 71.5 Å². The Morgan fingerprint density at radius 1 is 0.818 bits per heavy atom. The Kier molecular flexibility index (Phi) is 2.85. The fourth-order valence-electron chi connectivity index (χ4n) is 2.54. The summed E-state index contributed by atoms with van der Waals surface area (Å²) >= 11 is 0. The van der Waals surface area contributed by atoms with E-state index < -0.39 is 0 Å². The highest BCUT2D eigenvalue weighted by atomic mass is 31.1. The predicted molar refractivity (Wildman–Crippen MR) is 52.7 cm³/mol. The van der Waals surface area contributed by atoms with Gasteiger partial charge in [0.15, 0.2) is 0 Å².